The molecule has 0 spiro atoms. The van der Waals surface area contributed by atoms with E-state index >= 15 is 0 Å². The van der Waals surface area contributed by atoms with Crippen molar-refractivity contribution in [3.8, 4) is 0 Å². The third-order valence-electron chi connectivity index (χ3n) is 2.37. The zero-order chi connectivity index (χ0) is 16.1. The SMILES string of the molecule is O=C(CSc1ncc(Cl)c(C(=O)O)n1)Nc1cccc(Cl)c1. The van der Waals surface area contributed by atoms with E-state index in [1.165, 1.54) is 6.20 Å². The number of amides is 1. The molecular formula is C13H9Cl2N3O3S. The average molecular weight is 358 g/mol. The van der Waals surface area contributed by atoms with Gasteiger partial charge in [0.1, 0.15) is 0 Å². The minimum Gasteiger partial charge on any atom is -0.476 e. The number of hydrogen-bond acceptors (Lipinski definition) is 5. The summed E-state index contributed by atoms with van der Waals surface area (Å²) >= 11 is 12.5. The second-order valence-corrected chi connectivity index (χ2v) is 5.79. The Labute approximate surface area is 139 Å². The Morgan fingerprint density at radius 2 is 2.09 bits per heavy atom. The van der Waals surface area contributed by atoms with Gasteiger partial charge in [-0.3, -0.25) is 4.79 Å². The van der Waals surface area contributed by atoms with Crippen molar-refractivity contribution in [3.05, 3.63) is 46.2 Å². The summed E-state index contributed by atoms with van der Waals surface area (Å²) < 4.78 is 0. The van der Waals surface area contributed by atoms with Crippen LogP contribution >= 0.6 is 35.0 Å². The van der Waals surface area contributed by atoms with Gasteiger partial charge in [0.2, 0.25) is 5.91 Å². The first-order valence-electron chi connectivity index (χ1n) is 5.90. The molecule has 0 saturated carbocycles. The molecule has 0 fully saturated rings. The summed E-state index contributed by atoms with van der Waals surface area (Å²) in [7, 11) is 0. The number of halogens is 2. The van der Waals surface area contributed by atoms with Crippen molar-refractivity contribution >= 4 is 52.5 Å². The molecule has 1 amide bonds. The Balaban J connectivity index is 1.96. The highest BCUT2D eigenvalue weighted by Gasteiger charge is 2.13. The molecule has 2 aromatic rings. The fourth-order valence-electron chi connectivity index (χ4n) is 1.46. The van der Waals surface area contributed by atoms with E-state index in [0.29, 0.717) is 10.7 Å². The number of carboxylic acids is 1. The van der Waals surface area contributed by atoms with E-state index in [-0.39, 0.29) is 27.5 Å². The second kappa shape index (κ2) is 7.44. The first-order valence-corrected chi connectivity index (χ1v) is 7.64. The van der Waals surface area contributed by atoms with Crippen molar-refractivity contribution in [1.82, 2.24) is 9.97 Å². The molecule has 0 aliphatic rings. The zero-order valence-electron chi connectivity index (χ0n) is 10.9. The molecule has 22 heavy (non-hydrogen) atoms. The van der Waals surface area contributed by atoms with Gasteiger partial charge in [-0.2, -0.15) is 0 Å². The molecule has 0 aliphatic carbocycles. The van der Waals surface area contributed by atoms with Crippen molar-refractivity contribution in [3.63, 3.8) is 0 Å². The lowest BCUT2D eigenvalue weighted by atomic mass is 10.3. The highest BCUT2D eigenvalue weighted by molar-refractivity contribution is 7.99. The van der Waals surface area contributed by atoms with Gasteiger partial charge in [-0.1, -0.05) is 41.0 Å². The van der Waals surface area contributed by atoms with Crippen LogP contribution in [0.3, 0.4) is 0 Å². The highest BCUT2D eigenvalue weighted by atomic mass is 35.5. The smallest absolute Gasteiger partial charge is 0.356 e. The predicted octanol–water partition coefficient (Wildman–Crippen LogP) is 3.21. The number of rotatable bonds is 5. The van der Waals surface area contributed by atoms with E-state index in [2.05, 4.69) is 15.3 Å². The number of nitrogens with one attached hydrogen (secondary N) is 1. The van der Waals surface area contributed by atoms with Crippen LogP contribution in [0.25, 0.3) is 0 Å². The molecule has 1 aromatic heterocycles. The largest absolute Gasteiger partial charge is 0.476 e. The van der Waals surface area contributed by atoms with Crippen molar-refractivity contribution < 1.29 is 14.7 Å². The first kappa shape index (κ1) is 16.5. The molecular weight excluding hydrogens is 349 g/mol. The first-order chi connectivity index (χ1) is 10.5. The Morgan fingerprint density at radius 1 is 1.32 bits per heavy atom. The fraction of sp³-hybridized carbons (Fsp3) is 0.0769. The van der Waals surface area contributed by atoms with Gasteiger partial charge in [-0.15, -0.1) is 0 Å². The maximum Gasteiger partial charge on any atom is 0.356 e. The number of benzene rings is 1. The van der Waals surface area contributed by atoms with Gasteiger partial charge in [0, 0.05) is 10.7 Å². The van der Waals surface area contributed by atoms with E-state index in [9.17, 15) is 9.59 Å². The number of aromatic carboxylic acids is 1. The maximum absolute atomic E-state index is 11.8. The Morgan fingerprint density at radius 3 is 2.77 bits per heavy atom. The number of hydrogen-bond donors (Lipinski definition) is 2. The number of carbonyl (C=O) groups is 2. The van der Waals surface area contributed by atoms with Crippen LogP contribution in [0.4, 0.5) is 5.69 Å². The molecule has 9 heteroatoms. The molecule has 2 N–H and O–H groups in total. The molecule has 6 nitrogen and oxygen atoms in total. The lowest BCUT2D eigenvalue weighted by Gasteiger charge is -2.05. The summed E-state index contributed by atoms with van der Waals surface area (Å²) in [5.74, 6) is -1.52. The number of aromatic nitrogens is 2. The number of thioether (sulfide) groups is 1. The van der Waals surface area contributed by atoms with E-state index in [1.807, 2.05) is 0 Å². The Hall–Kier alpha value is -1.83. The zero-order valence-corrected chi connectivity index (χ0v) is 13.2. The van der Waals surface area contributed by atoms with E-state index in [0.717, 1.165) is 11.8 Å². The highest BCUT2D eigenvalue weighted by Crippen LogP contribution is 2.19. The molecule has 0 aliphatic heterocycles. The van der Waals surface area contributed by atoms with Crippen LogP contribution in [0.2, 0.25) is 10.0 Å². The van der Waals surface area contributed by atoms with Gasteiger partial charge in [-0.05, 0) is 18.2 Å². The lowest BCUT2D eigenvalue weighted by Crippen LogP contribution is -2.14. The van der Waals surface area contributed by atoms with Crippen LogP contribution in [0.1, 0.15) is 10.5 Å². The van der Waals surface area contributed by atoms with Crippen LogP contribution in [0, 0.1) is 0 Å². The van der Waals surface area contributed by atoms with Crippen LogP contribution in [-0.2, 0) is 4.79 Å². The minimum absolute atomic E-state index is 0.0210. The van der Waals surface area contributed by atoms with Crippen LogP contribution in [-0.4, -0.2) is 32.7 Å². The molecule has 2 rings (SSSR count). The topological polar surface area (TPSA) is 92.2 Å². The van der Waals surface area contributed by atoms with Crippen molar-refractivity contribution in [2.45, 2.75) is 5.16 Å². The average Bonchev–Trinajstić information content (AvgIpc) is 2.46. The summed E-state index contributed by atoms with van der Waals surface area (Å²) in [6.45, 7) is 0. The predicted molar refractivity (Wildman–Crippen MR) is 84.8 cm³/mol. The number of carboxylic acid groups (broad SMARTS) is 1. The van der Waals surface area contributed by atoms with Crippen molar-refractivity contribution in [1.29, 1.82) is 0 Å². The third kappa shape index (κ3) is 4.59. The molecule has 0 unspecified atom stereocenters. The minimum atomic E-state index is -1.25. The van der Waals surface area contributed by atoms with Crippen molar-refractivity contribution in [2.75, 3.05) is 11.1 Å². The van der Waals surface area contributed by atoms with Gasteiger partial charge in [-0.25, -0.2) is 14.8 Å². The number of nitrogens with zero attached hydrogens (tertiary/aromatic N) is 2. The van der Waals surface area contributed by atoms with E-state index in [4.69, 9.17) is 28.3 Å². The molecule has 0 atom stereocenters. The van der Waals surface area contributed by atoms with Gasteiger partial charge in [0.05, 0.1) is 17.0 Å². The standard InChI is InChI=1S/C13H9Cl2N3O3S/c14-7-2-1-3-8(4-7)17-10(19)6-22-13-16-5-9(15)11(18-13)12(20)21/h1-5H,6H2,(H,17,19)(H,20,21). The summed E-state index contributed by atoms with van der Waals surface area (Å²) in [4.78, 5) is 30.4. The Kier molecular flexibility index (Phi) is 5.59. The molecule has 114 valence electrons. The fourth-order valence-corrected chi connectivity index (χ4v) is 2.44. The van der Waals surface area contributed by atoms with Gasteiger partial charge in [0.25, 0.3) is 0 Å². The number of carbonyl (C=O) groups excluding carboxylic acids is 1. The molecule has 1 aromatic carbocycles. The van der Waals surface area contributed by atoms with Crippen LogP contribution in [0.5, 0.6) is 0 Å². The number of anilines is 1. The van der Waals surface area contributed by atoms with Crippen LogP contribution < -0.4 is 5.32 Å². The van der Waals surface area contributed by atoms with Gasteiger partial charge >= 0.3 is 5.97 Å². The summed E-state index contributed by atoms with van der Waals surface area (Å²) in [6.07, 6.45) is 1.19. The molecule has 0 radical (unpaired) electrons. The molecule has 0 bridgehead atoms. The summed E-state index contributed by atoms with van der Waals surface area (Å²) in [6, 6.07) is 6.73. The van der Waals surface area contributed by atoms with Gasteiger partial charge in [0.15, 0.2) is 10.9 Å². The summed E-state index contributed by atoms with van der Waals surface area (Å²) in [5, 5.41) is 12.2. The van der Waals surface area contributed by atoms with E-state index in [1.54, 1.807) is 24.3 Å². The second-order valence-electron chi connectivity index (χ2n) is 4.00. The van der Waals surface area contributed by atoms with Crippen molar-refractivity contribution in [2.24, 2.45) is 0 Å². The van der Waals surface area contributed by atoms with Gasteiger partial charge < -0.3 is 10.4 Å². The normalized spacial score (nSPS) is 10.3. The molecule has 1 heterocycles. The van der Waals surface area contributed by atoms with Crippen LogP contribution in [0.15, 0.2) is 35.6 Å². The lowest BCUT2D eigenvalue weighted by molar-refractivity contribution is -0.113. The quantitative estimate of drug-likeness (QED) is 0.630. The Bertz CT molecular complexity index is 727. The maximum atomic E-state index is 11.8. The van der Waals surface area contributed by atoms with E-state index < -0.39 is 5.97 Å². The summed E-state index contributed by atoms with van der Waals surface area (Å²) in [5.41, 5.74) is 0.274. The monoisotopic (exact) mass is 357 g/mol. The third-order valence-corrected chi connectivity index (χ3v) is 3.74. The molecule has 0 saturated heterocycles.